The second-order valence-electron chi connectivity index (χ2n) is 15.4. The minimum atomic E-state index is -0.00681. The monoisotopic (exact) mass is 529 g/mol. The van der Waals surface area contributed by atoms with Crippen molar-refractivity contribution in [3.05, 3.63) is 35.4 Å². The molecule has 9 nitrogen and oxygen atoms in total. The number of aromatic amines is 1. The van der Waals surface area contributed by atoms with Crippen LogP contribution in [0.4, 0.5) is 0 Å². The van der Waals surface area contributed by atoms with Crippen LogP contribution in [0.15, 0.2) is 12.4 Å². The molecule has 1 N–H and O–H groups in total. The molecule has 38 heavy (non-hydrogen) atoms. The van der Waals surface area contributed by atoms with Gasteiger partial charge in [0.1, 0.15) is 5.82 Å². The summed E-state index contributed by atoms with van der Waals surface area (Å²) in [5.41, 5.74) is 2.29. The van der Waals surface area contributed by atoms with Gasteiger partial charge in [-0.2, -0.15) is 20.1 Å². The minimum absolute atomic E-state index is 0.00681. The van der Waals surface area contributed by atoms with Gasteiger partial charge in [0.25, 0.3) is 0 Å². The first kappa shape index (κ1) is 33.4. The van der Waals surface area contributed by atoms with E-state index in [-0.39, 0.29) is 27.3 Å². The van der Waals surface area contributed by atoms with Gasteiger partial charge in [-0.05, 0) is 47.5 Å². The van der Waals surface area contributed by atoms with Crippen LogP contribution in [0.3, 0.4) is 0 Å². The van der Waals surface area contributed by atoms with E-state index in [4.69, 9.17) is 0 Å². The molecule has 0 atom stereocenters. The van der Waals surface area contributed by atoms with Crippen molar-refractivity contribution in [2.24, 2.45) is 0 Å². The van der Waals surface area contributed by atoms with Crippen LogP contribution < -0.4 is 0 Å². The Labute approximate surface area is 231 Å². The topological polar surface area (TPSA) is 103 Å². The fraction of sp³-hybridized carbons (Fsp3) is 0.793. The highest BCUT2D eigenvalue weighted by molar-refractivity contribution is 5.08. The van der Waals surface area contributed by atoms with E-state index in [0.717, 1.165) is 23.0 Å². The molecular weight excluding hydrogens is 474 g/mol. The summed E-state index contributed by atoms with van der Waals surface area (Å²) in [6.45, 7) is 36.0. The van der Waals surface area contributed by atoms with E-state index < -0.39 is 0 Å². The van der Waals surface area contributed by atoms with Crippen molar-refractivity contribution in [3.63, 3.8) is 0 Å². The van der Waals surface area contributed by atoms with Crippen LogP contribution in [-0.4, -0.2) is 45.2 Å². The Morgan fingerprint density at radius 1 is 0.737 bits per heavy atom. The summed E-state index contributed by atoms with van der Waals surface area (Å²) in [5.74, 6) is 2.30. The van der Waals surface area contributed by atoms with E-state index in [1.54, 1.807) is 4.80 Å². The third-order valence-corrected chi connectivity index (χ3v) is 5.52. The van der Waals surface area contributed by atoms with E-state index in [2.05, 4.69) is 153 Å². The lowest BCUT2D eigenvalue weighted by Crippen LogP contribution is -2.24. The Balaban J connectivity index is 0.000000285. The molecule has 0 unspecified atom stereocenters. The molecule has 0 bridgehead atoms. The number of hydrogen-bond acceptors (Lipinski definition) is 6. The molecule has 3 aromatic rings. The van der Waals surface area contributed by atoms with E-state index in [1.165, 1.54) is 0 Å². The molecule has 0 aliphatic carbocycles. The number of nitrogens with one attached hydrogen (secondary N) is 1. The summed E-state index contributed by atoms with van der Waals surface area (Å²) in [5, 5.41) is 24.1. The second-order valence-corrected chi connectivity index (χ2v) is 15.4. The quantitative estimate of drug-likeness (QED) is 0.368. The highest BCUT2D eigenvalue weighted by Crippen LogP contribution is 2.23. The maximum atomic E-state index is 4.49. The van der Waals surface area contributed by atoms with E-state index in [1.807, 2.05) is 17.1 Å². The average Bonchev–Trinajstić information content (AvgIpc) is 3.46. The third-order valence-electron chi connectivity index (χ3n) is 5.52. The summed E-state index contributed by atoms with van der Waals surface area (Å²) in [6.07, 6.45) is 3.87. The lowest BCUT2D eigenvalue weighted by atomic mass is 9.93. The first-order valence-electron chi connectivity index (χ1n) is 13.6. The first-order valence-corrected chi connectivity index (χ1v) is 13.6. The van der Waals surface area contributed by atoms with Gasteiger partial charge in [0.15, 0.2) is 5.82 Å². The van der Waals surface area contributed by atoms with Crippen molar-refractivity contribution in [2.75, 3.05) is 0 Å². The van der Waals surface area contributed by atoms with E-state index in [9.17, 15) is 0 Å². The molecule has 0 saturated carbocycles. The zero-order chi connectivity index (χ0) is 29.9. The van der Waals surface area contributed by atoms with Gasteiger partial charge in [-0.15, -0.1) is 5.10 Å². The van der Waals surface area contributed by atoms with Crippen LogP contribution in [0.5, 0.6) is 0 Å². The predicted octanol–water partition coefficient (Wildman–Crippen LogP) is 6.89. The van der Waals surface area contributed by atoms with Gasteiger partial charge in [-0.1, -0.05) is 81.4 Å². The molecule has 0 aliphatic heterocycles. The summed E-state index contributed by atoms with van der Waals surface area (Å²) in [4.78, 5) is 6.25. The smallest absolute Gasteiger partial charge is 0.156 e. The molecule has 9 heteroatoms. The summed E-state index contributed by atoms with van der Waals surface area (Å²) >= 11 is 0. The van der Waals surface area contributed by atoms with Crippen molar-refractivity contribution in [3.8, 4) is 0 Å². The van der Waals surface area contributed by atoms with Gasteiger partial charge in [-0.25, -0.2) is 9.67 Å². The highest BCUT2D eigenvalue weighted by Gasteiger charge is 2.24. The van der Waals surface area contributed by atoms with Crippen LogP contribution in [0.25, 0.3) is 0 Å². The molecule has 0 radical (unpaired) electrons. The number of rotatable bonds is 1. The Bertz CT molecular complexity index is 994. The number of nitrogens with zero attached hydrogens (tertiary/aromatic N) is 8. The summed E-state index contributed by atoms with van der Waals surface area (Å²) < 4.78 is 1.91. The van der Waals surface area contributed by atoms with Crippen molar-refractivity contribution in [1.29, 1.82) is 0 Å². The summed E-state index contributed by atoms with van der Waals surface area (Å²) in [6, 6.07) is 0. The number of H-pyrrole nitrogens is 1. The lowest BCUT2D eigenvalue weighted by Gasteiger charge is -2.18. The van der Waals surface area contributed by atoms with Crippen LogP contribution in [0.1, 0.15) is 147 Å². The summed E-state index contributed by atoms with van der Waals surface area (Å²) in [7, 11) is 0. The molecular formula is C29H55N9. The Morgan fingerprint density at radius 2 is 1.29 bits per heavy atom. The molecule has 3 aromatic heterocycles. The standard InChI is InChI=1S/2C10H19N3.C9H17N3/c1-9(2,3)7-11-8(13-12-7)10(4,5)6;1-9(2,3)8-7-13(12-11-8)10(4,5)6;1-7(2)8-6-10-12(11-8)9(3,4)5/h1-6H3,(H,11,12,13);7H,1-6H3;6-7H,1-5H3. The second kappa shape index (κ2) is 11.7. The highest BCUT2D eigenvalue weighted by atomic mass is 15.5. The zero-order valence-electron chi connectivity index (χ0n) is 27.3. The predicted molar refractivity (Wildman–Crippen MR) is 157 cm³/mol. The van der Waals surface area contributed by atoms with Crippen molar-refractivity contribution < 1.29 is 0 Å². The molecule has 216 valence electrons. The van der Waals surface area contributed by atoms with Gasteiger partial charge >= 0.3 is 0 Å². The van der Waals surface area contributed by atoms with Gasteiger partial charge in [0, 0.05) is 22.4 Å². The fourth-order valence-corrected chi connectivity index (χ4v) is 2.73. The maximum absolute atomic E-state index is 4.49. The largest absolute Gasteiger partial charge is 0.263 e. The van der Waals surface area contributed by atoms with Crippen LogP contribution in [-0.2, 0) is 27.3 Å². The maximum Gasteiger partial charge on any atom is 0.156 e. The Morgan fingerprint density at radius 3 is 1.53 bits per heavy atom. The van der Waals surface area contributed by atoms with E-state index >= 15 is 0 Å². The zero-order valence-corrected chi connectivity index (χ0v) is 27.3. The van der Waals surface area contributed by atoms with Crippen LogP contribution in [0.2, 0.25) is 0 Å². The van der Waals surface area contributed by atoms with Gasteiger partial charge in [-0.3, -0.25) is 5.10 Å². The average molecular weight is 530 g/mol. The van der Waals surface area contributed by atoms with Crippen LogP contribution in [0, 0.1) is 0 Å². The molecule has 0 saturated heterocycles. The SMILES string of the molecule is CC(C)(C)c1cn(C(C)(C)C)nn1.CC(C)(C)c1n[nH]c(C(C)(C)C)n1.CC(C)c1cnn(C(C)(C)C)n1. The van der Waals surface area contributed by atoms with Crippen molar-refractivity contribution in [2.45, 2.75) is 151 Å². The van der Waals surface area contributed by atoms with Gasteiger partial charge in [0.05, 0.1) is 28.7 Å². The number of hydrogen-bond donors (Lipinski definition) is 1. The number of aromatic nitrogens is 9. The van der Waals surface area contributed by atoms with Crippen molar-refractivity contribution >= 4 is 0 Å². The molecule has 0 aromatic carbocycles. The molecule has 0 aliphatic rings. The molecule has 3 heterocycles. The third kappa shape index (κ3) is 10.3. The normalized spacial score (nSPS) is 13.1. The van der Waals surface area contributed by atoms with Crippen molar-refractivity contribution in [1.82, 2.24) is 45.2 Å². The molecule has 0 spiro atoms. The van der Waals surface area contributed by atoms with Gasteiger partial charge < -0.3 is 0 Å². The lowest BCUT2D eigenvalue weighted by molar-refractivity contribution is 0.310. The van der Waals surface area contributed by atoms with Gasteiger partial charge in [0.2, 0.25) is 0 Å². The van der Waals surface area contributed by atoms with E-state index in [0.29, 0.717) is 5.92 Å². The molecule has 3 rings (SSSR count). The first-order chi connectivity index (χ1) is 16.8. The minimum Gasteiger partial charge on any atom is -0.263 e. The fourth-order valence-electron chi connectivity index (χ4n) is 2.73. The Kier molecular flexibility index (Phi) is 10.3. The molecule has 0 fully saturated rings. The van der Waals surface area contributed by atoms with Crippen LogP contribution >= 0.6 is 0 Å². The molecule has 0 amide bonds. The Hall–Kier alpha value is -2.58.